The van der Waals surface area contributed by atoms with Crippen LogP contribution in [0, 0.1) is 11.8 Å². The van der Waals surface area contributed by atoms with E-state index in [2.05, 4.69) is 34.6 Å². The van der Waals surface area contributed by atoms with E-state index in [1.54, 1.807) is 0 Å². The summed E-state index contributed by atoms with van der Waals surface area (Å²) in [6.45, 7) is 11.4. The zero-order chi connectivity index (χ0) is 21.2. The molecule has 0 fully saturated rings. The van der Waals surface area contributed by atoms with Crippen LogP contribution in [0.1, 0.15) is 125 Å². The van der Waals surface area contributed by atoms with Crippen molar-refractivity contribution in [3.05, 3.63) is 0 Å². The number of rotatable bonds is 16. The molecular formula is C24H52S2Sn. The van der Waals surface area contributed by atoms with Crippen molar-refractivity contribution < 1.29 is 0 Å². The molecule has 0 saturated carbocycles. The summed E-state index contributed by atoms with van der Waals surface area (Å²) in [6.07, 6.45) is 19.4. The second-order valence-corrected chi connectivity index (χ2v) is 10.9. The molecule has 0 spiro atoms. The third-order valence-electron chi connectivity index (χ3n) is 4.41. The Balaban J connectivity index is -0.000000320. The molecule has 0 aromatic rings. The third kappa shape index (κ3) is 47.0. The average molecular weight is 524 g/mol. The molecule has 0 unspecified atom stereocenters. The van der Waals surface area contributed by atoms with E-state index in [1.807, 2.05) is 0 Å². The van der Waals surface area contributed by atoms with Gasteiger partial charge in [0, 0.05) is 0 Å². The molecule has 27 heavy (non-hydrogen) atoms. The van der Waals surface area contributed by atoms with Crippen molar-refractivity contribution in [1.29, 1.82) is 0 Å². The molecule has 0 rings (SSSR count). The fourth-order valence-corrected chi connectivity index (χ4v) is 3.82. The number of unbranched alkanes of at least 4 members (excludes halogenated alkanes) is 9. The van der Waals surface area contributed by atoms with Crippen LogP contribution in [0.15, 0.2) is 0 Å². The molecule has 0 nitrogen and oxygen atoms in total. The normalized spacial score (nSPS) is 10.4. The Bertz CT molecular complexity index is 198. The summed E-state index contributed by atoms with van der Waals surface area (Å²) >= 11 is 11.1. The van der Waals surface area contributed by atoms with Crippen molar-refractivity contribution in [1.82, 2.24) is 0 Å². The van der Waals surface area contributed by atoms with Crippen LogP contribution in [0.4, 0.5) is 0 Å². The van der Waals surface area contributed by atoms with Gasteiger partial charge in [-0.15, -0.1) is 0 Å². The summed E-state index contributed by atoms with van der Waals surface area (Å²) in [5.41, 5.74) is 0. The summed E-state index contributed by atoms with van der Waals surface area (Å²) < 4.78 is 1.50. The Morgan fingerprint density at radius 1 is 0.556 bits per heavy atom. The van der Waals surface area contributed by atoms with Gasteiger partial charge in [-0.25, -0.2) is 0 Å². The van der Waals surface area contributed by atoms with Crippen LogP contribution in [0.5, 0.6) is 0 Å². The van der Waals surface area contributed by atoms with Gasteiger partial charge in [-0.05, 0) is 11.8 Å². The molecule has 0 heterocycles. The van der Waals surface area contributed by atoms with Gasteiger partial charge < -0.3 is 25.3 Å². The van der Waals surface area contributed by atoms with Gasteiger partial charge in [-0.1, -0.05) is 79.1 Å². The van der Waals surface area contributed by atoms with Crippen molar-refractivity contribution in [3.63, 3.8) is 0 Å². The van der Waals surface area contributed by atoms with Gasteiger partial charge in [0.2, 0.25) is 0 Å². The molecule has 0 aliphatic rings. The van der Waals surface area contributed by atoms with E-state index in [1.165, 1.54) is 117 Å². The molecular weight excluding hydrogens is 471 g/mol. The number of hydrogen-bond donors (Lipinski definition) is 0. The van der Waals surface area contributed by atoms with Crippen LogP contribution in [0.25, 0.3) is 0 Å². The minimum atomic E-state index is 0.870. The minimum absolute atomic E-state index is 0.870. The van der Waals surface area contributed by atoms with E-state index in [0.717, 1.165) is 23.3 Å². The first-order chi connectivity index (χ1) is 13.0. The fraction of sp³-hybridized carbons (Fsp3) is 1.00. The Hall–Kier alpha value is 1.50. The van der Waals surface area contributed by atoms with E-state index < -0.39 is 0 Å². The Morgan fingerprint density at radius 2 is 0.926 bits per heavy atom. The molecule has 0 atom stereocenters. The van der Waals surface area contributed by atoms with E-state index in [9.17, 15) is 0 Å². The van der Waals surface area contributed by atoms with Gasteiger partial charge >= 0.3 is 72.4 Å². The maximum absolute atomic E-state index is 4.83. The SMILES string of the molecule is CC(C)CCCCC[S-].CC(C)CCCCC[S-].CCCCCCC[CH2][SnH+2]. The van der Waals surface area contributed by atoms with Gasteiger partial charge in [0.05, 0.1) is 0 Å². The zero-order valence-corrected chi connectivity index (χ0v) is 24.5. The first kappa shape index (κ1) is 33.1. The van der Waals surface area contributed by atoms with Crippen LogP contribution in [0.2, 0.25) is 4.44 Å². The molecule has 0 N–H and O–H groups in total. The fourth-order valence-electron chi connectivity index (χ4n) is 2.59. The monoisotopic (exact) mass is 524 g/mol. The van der Waals surface area contributed by atoms with Crippen LogP contribution >= 0.6 is 0 Å². The van der Waals surface area contributed by atoms with Crippen molar-refractivity contribution in [2.24, 2.45) is 11.8 Å². The molecule has 0 aromatic heterocycles. The summed E-state index contributed by atoms with van der Waals surface area (Å²) in [5, 5.41) is 0. The first-order valence-corrected chi connectivity index (χ1v) is 15.3. The van der Waals surface area contributed by atoms with Crippen LogP contribution in [0.3, 0.4) is 0 Å². The van der Waals surface area contributed by atoms with Gasteiger partial charge in [0.15, 0.2) is 0 Å². The molecule has 164 valence electrons. The Morgan fingerprint density at radius 3 is 1.26 bits per heavy atom. The van der Waals surface area contributed by atoms with Gasteiger partial charge in [-0.3, -0.25) is 0 Å². The second kappa shape index (κ2) is 32.2. The van der Waals surface area contributed by atoms with Crippen molar-refractivity contribution >= 4 is 47.8 Å². The van der Waals surface area contributed by atoms with Gasteiger partial charge in [0.25, 0.3) is 0 Å². The maximum atomic E-state index is 4.83. The molecule has 3 heteroatoms. The van der Waals surface area contributed by atoms with Crippen LogP contribution < -0.4 is 0 Å². The van der Waals surface area contributed by atoms with Gasteiger partial charge in [-0.2, -0.15) is 11.5 Å². The zero-order valence-electron chi connectivity index (χ0n) is 19.6. The summed E-state index contributed by atoms with van der Waals surface area (Å²) in [7, 11) is 0. The Kier molecular flexibility index (Phi) is 39.5. The predicted octanol–water partition coefficient (Wildman–Crippen LogP) is 8.17. The summed E-state index contributed by atoms with van der Waals surface area (Å²) in [6, 6.07) is 0. The number of hydrogen-bond acceptors (Lipinski definition) is 2. The quantitative estimate of drug-likeness (QED) is 0.114. The molecule has 0 bridgehead atoms. The Labute approximate surface area is 199 Å². The summed E-state index contributed by atoms with van der Waals surface area (Å²) in [4.78, 5) is 0. The van der Waals surface area contributed by atoms with Crippen LogP contribution in [-0.4, -0.2) is 34.0 Å². The van der Waals surface area contributed by atoms with Crippen molar-refractivity contribution in [2.45, 2.75) is 129 Å². The second-order valence-electron chi connectivity index (χ2n) is 8.45. The van der Waals surface area contributed by atoms with E-state index >= 15 is 0 Å². The van der Waals surface area contributed by atoms with Gasteiger partial charge in [0.1, 0.15) is 0 Å². The van der Waals surface area contributed by atoms with Crippen LogP contribution in [-0.2, 0) is 25.3 Å². The molecule has 0 aromatic carbocycles. The van der Waals surface area contributed by atoms with Crippen molar-refractivity contribution in [3.8, 4) is 0 Å². The molecule has 0 aliphatic carbocycles. The van der Waals surface area contributed by atoms with E-state index in [0.29, 0.717) is 0 Å². The third-order valence-corrected chi connectivity index (χ3v) is 6.15. The van der Waals surface area contributed by atoms with Crippen molar-refractivity contribution in [2.75, 3.05) is 11.5 Å². The molecule has 0 radical (unpaired) electrons. The topological polar surface area (TPSA) is 0 Å². The standard InChI is InChI=1S/2C8H18S.C8H17.Sn.H/c2*1-8(2)6-4-3-5-7-9;1-3-5-7-8-6-4-2;;/h2*8-9H,3-7H2,1-2H3;1,3-8H2,2H3;;/q;;;+2;/p-2. The molecule has 0 aliphatic heterocycles. The average Bonchev–Trinajstić information content (AvgIpc) is 2.63. The van der Waals surface area contributed by atoms with E-state index in [-0.39, 0.29) is 0 Å². The van der Waals surface area contributed by atoms with E-state index in [4.69, 9.17) is 25.3 Å². The molecule has 0 saturated heterocycles. The first-order valence-electron chi connectivity index (χ1n) is 11.8. The predicted molar refractivity (Wildman–Crippen MR) is 136 cm³/mol. The summed E-state index contributed by atoms with van der Waals surface area (Å²) in [5.74, 6) is 3.63. The molecule has 0 amide bonds.